The van der Waals surface area contributed by atoms with E-state index in [0.29, 0.717) is 18.7 Å². The van der Waals surface area contributed by atoms with Crippen LogP contribution in [0.4, 0.5) is 14.9 Å². The van der Waals surface area contributed by atoms with E-state index in [1.165, 1.54) is 12.1 Å². The predicted molar refractivity (Wildman–Crippen MR) is 120 cm³/mol. The Kier molecular flexibility index (Phi) is 6.83. The number of furan rings is 1. The number of amides is 4. The summed E-state index contributed by atoms with van der Waals surface area (Å²) in [7, 11) is 0. The van der Waals surface area contributed by atoms with E-state index in [1.54, 1.807) is 54.8 Å². The number of urea groups is 1. The van der Waals surface area contributed by atoms with Gasteiger partial charge in [-0.15, -0.1) is 0 Å². The fourth-order valence-corrected chi connectivity index (χ4v) is 3.93. The van der Waals surface area contributed by atoms with Crippen molar-refractivity contribution in [1.29, 1.82) is 0 Å². The third-order valence-electron chi connectivity index (χ3n) is 5.61. The summed E-state index contributed by atoms with van der Waals surface area (Å²) in [5.74, 6) is -0.294. The molecule has 7 nitrogen and oxygen atoms in total. The number of imide groups is 1. The summed E-state index contributed by atoms with van der Waals surface area (Å²) in [6.45, 7) is 0.378. The number of nitrogens with zero attached hydrogens (tertiary/aromatic N) is 1. The Morgan fingerprint density at radius 1 is 1.06 bits per heavy atom. The first-order chi connectivity index (χ1) is 16.0. The van der Waals surface area contributed by atoms with Gasteiger partial charge in [0, 0.05) is 18.9 Å². The Balaban J connectivity index is 1.28. The van der Waals surface area contributed by atoms with Crippen LogP contribution >= 0.6 is 0 Å². The number of carbonyl (C=O) groups excluding carboxylic acids is 3. The van der Waals surface area contributed by atoms with Gasteiger partial charge in [-0.05, 0) is 54.8 Å². The summed E-state index contributed by atoms with van der Waals surface area (Å²) >= 11 is 0. The molecule has 1 fully saturated rings. The molecule has 1 aliphatic rings. The number of rotatable bonds is 9. The van der Waals surface area contributed by atoms with Gasteiger partial charge in [-0.3, -0.25) is 9.59 Å². The topological polar surface area (TPSA) is 91.7 Å². The second-order valence-corrected chi connectivity index (χ2v) is 7.81. The van der Waals surface area contributed by atoms with E-state index in [9.17, 15) is 18.8 Å². The number of hydrogen-bond acceptors (Lipinski definition) is 4. The van der Waals surface area contributed by atoms with E-state index in [4.69, 9.17) is 4.42 Å². The van der Waals surface area contributed by atoms with Crippen molar-refractivity contribution in [3.05, 3.63) is 90.1 Å². The molecule has 0 aliphatic carbocycles. The zero-order valence-electron chi connectivity index (χ0n) is 17.9. The van der Waals surface area contributed by atoms with E-state index in [-0.39, 0.29) is 36.4 Å². The van der Waals surface area contributed by atoms with Crippen LogP contribution in [-0.2, 0) is 9.59 Å². The molecule has 4 amide bonds. The third kappa shape index (κ3) is 5.28. The van der Waals surface area contributed by atoms with Crippen molar-refractivity contribution < 1.29 is 23.2 Å². The number of para-hydroxylation sites is 1. The largest absolute Gasteiger partial charge is 0.469 e. The van der Waals surface area contributed by atoms with Gasteiger partial charge in [-0.1, -0.05) is 30.3 Å². The maximum absolute atomic E-state index is 13.3. The molecular formula is C25H24FN3O4. The SMILES string of the molecule is O=C(CCC1NC(=O)N(c2ccccc2)C1=O)NCCC(c1ccc(F)cc1)c1ccco1. The highest BCUT2D eigenvalue weighted by atomic mass is 19.1. The average molecular weight is 449 g/mol. The zero-order chi connectivity index (χ0) is 23.2. The first-order valence-corrected chi connectivity index (χ1v) is 10.8. The van der Waals surface area contributed by atoms with Crippen molar-refractivity contribution in [2.45, 2.75) is 31.2 Å². The van der Waals surface area contributed by atoms with Crippen molar-refractivity contribution in [1.82, 2.24) is 10.6 Å². The van der Waals surface area contributed by atoms with Crippen LogP contribution in [0.15, 0.2) is 77.4 Å². The molecule has 4 rings (SSSR count). The fraction of sp³-hybridized carbons (Fsp3) is 0.240. The highest BCUT2D eigenvalue weighted by molar-refractivity contribution is 6.21. The molecule has 0 bridgehead atoms. The van der Waals surface area contributed by atoms with Crippen molar-refractivity contribution in [2.24, 2.45) is 0 Å². The first-order valence-electron chi connectivity index (χ1n) is 10.8. The molecule has 1 aromatic heterocycles. The lowest BCUT2D eigenvalue weighted by Crippen LogP contribution is -2.33. The van der Waals surface area contributed by atoms with E-state index < -0.39 is 12.1 Å². The summed E-state index contributed by atoms with van der Waals surface area (Å²) in [5.41, 5.74) is 1.39. The van der Waals surface area contributed by atoms with Gasteiger partial charge in [0.15, 0.2) is 0 Å². The minimum atomic E-state index is -0.737. The van der Waals surface area contributed by atoms with E-state index in [1.807, 2.05) is 6.07 Å². The van der Waals surface area contributed by atoms with Crippen molar-refractivity contribution in [2.75, 3.05) is 11.4 Å². The lowest BCUT2D eigenvalue weighted by molar-refractivity contribution is -0.121. The van der Waals surface area contributed by atoms with Crippen molar-refractivity contribution in [3.63, 3.8) is 0 Å². The molecule has 3 aromatic rings. The summed E-state index contributed by atoms with van der Waals surface area (Å²) in [5, 5.41) is 5.50. The minimum absolute atomic E-state index is 0.0985. The number of halogens is 1. The van der Waals surface area contributed by atoms with Crippen LogP contribution in [0.3, 0.4) is 0 Å². The summed E-state index contributed by atoms with van der Waals surface area (Å²) in [6.07, 6.45) is 2.45. The van der Waals surface area contributed by atoms with Gasteiger partial charge in [0.05, 0.1) is 12.0 Å². The predicted octanol–water partition coefficient (Wildman–Crippen LogP) is 3.96. The van der Waals surface area contributed by atoms with Crippen LogP contribution in [-0.4, -0.2) is 30.4 Å². The molecule has 2 heterocycles. The summed E-state index contributed by atoms with van der Waals surface area (Å²) in [6, 6.07) is 17.3. The maximum Gasteiger partial charge on any atom is 0.329 e. The van der Waals surface area contributed by atoms with Gasteiger partial charge >= 0.3 is 6.03 Å². The van der Waals surface area contributed by atoms with E-state index in [0.717, 1.165) is 16.2 Å². The van der Waals surface area contributed by atoms with Gasteiger partial charge in [-0.25, -0.2) is 14.1 Å². The van der Waals surface area contributed by atoms with Gasteiger partial charge < -0.3 is 15.1 Å². The zero-order valence-corrected chi connectivity index (χ0v) is 17.9. The summed E-state index contributed by atoms with van der Waals surface area (Å²) in [4.78, 5) is 38.3. The van der Waals surface area contributed by atoms with Crippen LogP contribution in [0.25, 0.3) is 0 Å². The number of carbonyl (C=O) groups is 3. The molecule has 2 atom stereocenters. The minimum Gasteiger partial charge on any atom is -0.469 e. The van der Waals surface area contributed by atoms with Gasteiger partial charge in [0.2, 0.25) is 5.91 Å². The van der Waals surface area contributed by atoms with Crippen LogP contribution in [0.2, 0.25) is 0 Å². The fourth-order valence-electron chi connectivity index (χ4n) is 3.93. The van der Waals surface area contributed by atoms with Crippen LogP contribution in [0, 0.1) is 5.82 Å². The molecule has 8 heteroatoms. The first kappa shape index (κ1) is 22.3. The number of nitrogens with one attached hydrogen (secondary N) is 2. The summed E-state index contributed by atoms with van der Waals surface area (Å²) < 4.78 is 18.8. The second kappa shape index (κ2) is 10.1. The monoisotopic (exact) mass is 449 g/mol. The molecule has 0 radical (unpaired) electrons. The number of hydrogen-bond donors (Lipinski definition) is 2. The smallest absolute Gasteiger partial charge is 0.329 e. The maximum atomic E-state index is 13.3. The molecule has 33 heavy (non-hydrogen) atoms. The van der Waals surface area contributed by atoms with Gasteiger partial charge in [-0.2, -0.15) is 0 Å². The molecule has 170 valence electrons. The molecule has 2 N–H and O–H groups in total. The lowest BCUT2D eigenvalue weighted by Gasteiger charge is -2.16. The molecule has 1 saturated heterocycles. The van der Waals surface area contributed by atoms with Crippen LogP contribution in [0.1, 0.15) is 36.5 Å². The number of benzene rings is 2. The lowest BCUT2D eigenvalue weighted by atomic mass is 9.93. The van der Waals surface area contributed by atoms with E-state index >= 15 is 0 Å². The Bertz CT molecular complexity index is 1100. The Labute approximate surface area is 190 Å². The molecule has 2 aromatic carbocycles. The second-order valence-electron chi connectivity index (χ2n) is 7.81. The Hall–Kier alpha value is -3.94. The highest BCUT2D eigenvalue weighted by Gasteiger charge is 2.38. The van der Waals surface area contributed by atoms with Crippen molar-refractivity contribution in [3.8, 4) is 0 Å². The standard InChI is InChI=1S/C25H24FN3O4/c26-18-10-8-17(9-11-18)20(22-7-4-16-33-22)14-15-27-23(30)13-12-21-24(31)29(25(32)28-21)19-5-2-1-3-6-19/h1-11,16,20-21H,12-15H2,(H,27,30)(H,28,32). The molecule has 2 unspecified atom stereocenters. The quantitative estimate of drug-likeness (QED) is 0.484. The molecule has 0 saturated carbocycles. The van der Waals surface area contributed by atoms with Crippen LogP contribution < -0.4 is 15.5 Å². The van der Waals surface area contributed by atoms with E-state index in [2.05, 4.69) is 10.6 Å². The van der Waals surface area contributed by atoms with Crippen molar-refractivity contribution >= 4 is 23.5 Å². The van der Waals surface area contributed by atoms with Crippen LogP contribution in [0.5, 0.6) is 0 Å². The molecule has 1 aliphatic heterocycles. The molecule has 0 spiro atoms. The Morgan fingerprint density at radius 3 is 2.52 bits per heavy atom. The molecular weight excluding hydrogens is 425 g/mol. The Morgan fingerprint density at radius 2 is 1.82 bits per heavy atom. The highest BCUT2D eigenvalue weighted by Crippen LogP contribution is 2.28. The van der Waals surface area contributed by atoms with Gasteiger partial charge in [0.1, 0.15) is 17.6 Å². The number of anilines is 1. The average Bonchev–Trinajstić information content (AvgIpc) is 3.44. The normalized spacial score (nSPS) is 16.5. The third-order valence-corrected chi connectivity index (χ3v) is 5.61. The van der Waals surface area contributed by atoms with Gasteiger partial charge in [0.25, 0.3) is 5.91 Å².